The molecule has 3 nitrogen and oxygen atoms in total. The monoisotopic (exact) mass is 284 g/mol. The van der Waals surface area contributed by atoms with Crippen molar-refractivity contribution < 1.29 is 5.11 Å². The molecule has 112 valence electrons. The Hall–Kier alpha value is -1.61. The Balaban J connectivity index is 1.70. The minimum Gasteiger partial charge on any atom is -0.388 e. The van der Waals surface area contributed by atoms with Gasteiger partial charge in [-0.15, -0.1) is 0 Å². The summed E-state index contributed by atoms with van der Waals surface area (Å²) in [6, 6.07) is 8.82. The molecule has 3 heteroatoms. The third kappa shape index (κ3) is 3.18. The molecule has 1 fully saturated rings. The van der Waals surface area contributed by atoms with Crippen molar-refractivity contribution in [3.8, 4) is 0 Å². The largest absolute Gasteiger partial charge is 0.388 e. The molecule has 0 aliphatic heterocycles. The van der Waals surface area contributed by atoms with Gasteiger partial charge in [0.15, 0.2) is 0 Å². The fourth-order valence-corrected chi connectivity index (χ4v) is 3.37. The van der Waals surface area contributed by atoms with E-state index in [9.17, 15) is 5.11 Å². The summed E-state index contributed by atoms with van der Waals surface area (Å²) in [4.78, 5) is 0. The van der Waals surface area contributed by atoms with Crippen molar-refractivity contribution in [2.24, 2.45) is 0 Å². The molecular formula is C18H24N2O. The quantitative estimate of drug-likeness (QED) is 0.925. The smallest absolute Gasteiger partial charge is 0.0848 e. The maximum Gasteiger partial charge on any atom is 0.0848 e. The standard InChI is InChI=1S/C18H24N2O/c1-13-7-8-17(14(2)11-13)18(21)12-15-9-10-20(19-15)16-5-3-4-6-16/h7-11,16,18,21H,3-6,12H2,1-2H3. The molecule has 0 saturated heterocycles. The fourth-order valence-electron chi connectivity index (χ4n) is 3.37. The minimum atomic E-state index is -0.475. The van der Waals surface area contributed by atoms with Crippen LogP contribution in [0.4, 0.5) is 0 Å². The average Bonchev–Trinajstić information content (AvgIpc) is 3.08. The van der Waals surface area contributed by atoms with E-state index >= 15 is 0 Å². The number of aliphatic hydroxyl groups excluding tert-OH is 1. The molecule has 0 amide bonds. The molecule has 1 heterocycles. The van der Waals surface area contributed by atoms with Crippen LogP contribution in [0, 0.1) is 13.8 Å². The van der Waals surface area contributed by atoms with Gasteiger partial charge in [0.25, 0.3) is 0 Å². The van der Waals surface area contributed by atoms with Crippen LogP contribution in [0.5, 0.6) is 0 Å². The highest BCUT2D eigenvalue weighted by molar-refractivity contribution is 5.32. The number of nitrogens with zero attached hydrogens (tertiary/aromatic N) is 2. The predicted octanol–water partition coefficient (Wildman–Crippen LogP) is 3.89. The second-order valence-electron chi connectivity index (χ2n) is 6.31. The molecule has 1 unspecified atom stereocenters. The Bertz CT molecular complexity index is 611. The number of rotatable bonds is 4. The molecular weight excluding hydrogens is 260 g/mol. The van der Waals surface area contributed by atoms with Crippen LogP contribution in [0.15, 0.2) is 30.5 Å². The molecule has 1 aliphatic carbocycles. The topological polar surface area (TPSA) is 38.0 Å². The Kier molecular flexibility index (Phi) is 4.11. The average molecular weight is 284 g/mol. The third-order valence-corrected chi connectivity index (χ3v) is 4.55. The van der Waals surface area contributed by atoms with Gasteiger partial charge in [-0.3, -0.25) is 4.68 Å². The number of hydrogen-bond donors (Lipinski definition) is 1. The van der Waals surface area contributed by atoms with E-state index < -0.39 is 6.10 Å². The molecule has 1 atom stereocenters. The zero-order chi connectivity index (χ0) is 14.8. The van der Waals surface area contributed by atoms with Crippen molar-refractivity contribution >= 4 is 0 Å². The summed E-state index contributed by atoms with van der Waals surface area (Å²) in [5.41, 5.74) is 4.37. The van der Waals surface area contributed by atoms with Gasteiger partial charge < -0.3 is 5.11 Å². The number of benzene rings is 1. The number of aliphatic hydroxyl groups is 1. The summed E-state index contributed by atoms with van der Waals surface area (Å²) >= 11 is 0. The summed E-state index contributed by atoms with van der Waals surface area (Å²) in [5, 5.41) is 15.1. The molecule has 1 aliphatic rings. The summed E-state index contributed by atoms with van der Waals surface area (Å²) in [6.07, 6.45) is 7.28. The van der Waals surface area contributed by atoms with Gasteiger partial charge in [0.2, 0.25) is 0 Å². The SMILES string of the molecule is Cc1ccc(C(O)Cc2ccn(C3CCCC3)n2)c(C)c1. The lowest BCUT2D eigenvalue weighted by Crippen LogP contribution is -2.08. The van der Waals surface area contributed by atoms with Crippen LogP contribution < -0.4 is 0 Å². The maximum absolute atomic E-state index is 10.5. The number of aromatic nitrogens is 2. The molecule has 0 radical (unpaired) electrons. The van der Waals surface area contributed by atoms with Crippen molar-refractivity contribution in [1.82, 2.24) is 9.78 Å². The van der Waals surface area contributed by atoms with E-state index in [1.54, 1.807) is 0 Å². The molecule has 1 N–H and O–H groups in total. The highest BCUT2D eigenvalue weighted by Gasteiger charge is 2.19. The van der Waals surface area contributed by atoms with Crippen LogP contribution >= 0.6 is 0 Å². The third-order valence-electron chi connectivity index (χ3n) is 4.55. The Morgan fingerprint density at radius 3 is 2.71 bits per heavy atom. The second-order valence-corrected chi connectivity index (χ2v) is 6.31. The fraction of sp³-hybridized carbons (Fsp3) is 0.500. The Morgan fingerprint density at radius 2 is 2.00 bits per heavy atom. The van der Waals surface area contributed by atoms with E-state index in [2.05, 4.69) is 42.0 Å². The van der Waals surface area contributed by atoms with E-state index in [4.69, 9.17) is 0 Å². The van der Waals surface area contributed by atoms with Crippen molar-refractivity contribution in [1.29, 1.82) is 0 Å². The first-order chi connectivity index (χ1) is 10.1. The van der Waals surface area contributed by atoms with Crippen LogP contribution in [-0.2, 0) is 6.42 Å². The van der Waals surface area contributed by atoms with E-state index in [0.29, 0.717) is 12.5 Å². The minimum absolute atomic E-state index is 0.475. The van der Waals surface area contributed by atoms with Crippen molar-refractivity contribution in [3.05, 3.63) is 52.8 Å². The molecule has 21 heavy (non-hydrogen) atoms. The second kappa shape index (κ2) is 6.02. The highest BCUT2D eigenvalue weighted by Crippen LogP contribution is 2.29. The first-order valence-corrected chi connectivity index (χ1v) is 7.93. The Labute approximate surface area is 126 Å². The molecule has 0 bridgehead atoms. The lowest BCUT2D eigenvalue weighted by molar-refractivity contribution is 0.176. The number of aryl methyl sites for hydroxylation is 2. The first-order valence-electron chi connectivity index (χ1n) is 7.93. The zero-order valence-electron chi connectivity index (χ0n) is 12.9. The first kappa shape index (κ1) is 14.3. The van der Waals surface area contributed by atoms with Gasteiger partial charge in [0.05, 0.1) is 17.8 Å². The van der Waals surface area contributed by atoms with Crippen molar-refractivity contribution in [3.63, 3.8) is 0 Å². The molecule has 1 aromatic heterocycles. The highest BCUT2D eigenvalue weighted by atomic mass is 16.3. The van der Waals surface area contributed by atoms with E-state index in [-0.39, 0.29) is 0 Å². The van der Waals surface area contributed by atoms with Crippen LogP contribution in [0.1, 0.15) is 60.2 Å². The van der Waals surface area contributed by atoms with Crippen molar-refractivity contribution in [2.75, 3.05) is 0 Å². The molecule has 2 aromatic rings. The van der Waals surface area contributed by atoms with E-state index in [1.165, 1.54) is 31.2 Å². The molecule has 1 aromatic carbocycles. The van der Waals surface area contributed by atoms with Gasteiger partial charge in [0, 0.05) is 12.6 Å². The molecule has 0 spiro atoms. The van der Waals surface area contributed by atoms with Gasteiger partial charge in [-0.2, -0.15) is 5.10 Å². The summed E-state index contributed by atoms with van der Waals surface area (Å²) in [6.45, 7) is 4.13. The Morgan fingerprint density at radius 1 is 1.24 bits per heavy atom. The maximum atomic E-state index is 10.5. The van der Waals surface area contributed by atoms with Crippen molar-refractivity contribution in [2.45, 2.75) is 58.1 Å². The summed E-state index contributed by atoms with van der Waals surface area (Å²) in [5.74, 6) is 0. The van der Waals surface area contributed by atoms with Crippen LogP contribution in [0.25, 0.3) is 0 Å². The van der Waals surface area contributed by atoms with Crippen LogP contribution in [0.2, 0.25) is 0 Å². The van der Waals surface area contributed by atoms with E-state index in [1.807, 2.05) is 12.1 Å². The van der Waals surface area contributed by atoms with Gasteiger partial charge >= 0.3 is 0 Å². The van der Waals surface area contributed by atoms with Crippen LogP contribution in [-0.4, -0.2) is 14.9 Å². The van der Waals surface area contributed by atoms with Crippen LogP contribution in [0.3, 0.4) is 0 Å². The summed E-state index contributed by atoms with van der Waals surface area (Å²) in [7, 11) is 0. The zero-order valence-corrected chi connectivity index (χ0v) is 12.9. The van der Waals surface area contributed by atoms with Gasteiger partial charge in [-0.05, 0) is 43.9 Å². The predicted molar refractivity (Wildman–Crippen MR) is 84.3 cm³/mol. The molecule has 3 rings (SSSR count). The van der Waals surface area contributed by atoms with Gasteiger partial charge in [-0.25, -0.2) is 0 Å². The van der Waals surface area contributed by atoms with Gasteiger partial charge in [0.1, 0.15) is 0 Å². The lowest BCUT2D eigenvalue weighted by Gasteiger charge is -2.13. The van der Waals surface area contributed by atoms with Gasteiger partial charge in [-0.1, -0.05) is 36.6 Å². The lowest BCUT2D eigenvalue weighted by atomic mass is 9.98. The van der Waals surface area contributed by atoms with E-state index in [0.717, 1.165) is 16.8 Å². The number of hydrogen-bond acceptors (Lipinski definition) is 2. The normalized spacial score (nSPS) is 17.3. The molecule has 1 saturated carbocycles. The summed E-state index contributed by atoms with van der Waals surface area (Å²) < 4.78 is 2.09.